The van der Waals surface area contributed by atoms with Gasteiger partial charge in [-0.3, -0.25) is 4.99 Å². The molecule has 0 amide bonds. The highest BCUT2D eigenvalue weighted by Crippen LogP contribution is 2.29. The first-order valence-corrected chi connectivity index (χ1v) is 10.7. The Morgan fingerprint density at radius 3 is 2.48 bits per heavy atom. The number of benzene rings is 1. The second-order valence-electron chi connectivity index (χ2n) is 7.88. The van der Waals surface area contributed by atoms with Gasteiger partial charge in [0.05, 0.1) is 0 Å². The number of anilines is 1. The normalized spacial score (nSPS) is 15.6. The van der Waals surface area contributed by atoms with E-state index in [4.69, 9.17) is 0 Å². The lowest BCUT2D eigenvalue weighted by Gasteiger charge is -2.34. The van der Waals surface area contributed by atoms with Gasteiger partial charge < -0.3 is 15.5 Å². The Kier molecular flexibility index (Phi) is 9.20. The molecular weight excluding hydrogens is 541 g/mol. The Bertz CT molecular complexity index is 789. The fourth-order valence-electron chi connectivity index (χ4n) is 3.59. The summed E-state index contributed by atoms with van der Waals surface area (Å²) in [6.45, 7) is 7.32. The maximum Gasteiger partial charge on any atom is 0.191 e. The van der Waals surface area contributed by atoms with E-state index in [-0.39, 0.29) is 29.4 Å². The second-order valence-corrected chi connectivity index (χ2v) is 8.74. The molecule has 0 spiro atoms. The fraction of sp³-hybridized carbons (Fsp3) is 0.455. The van der Waals surface area contributed by atoms with E-state index in [1.165, 1.54) is 5.56 Å². The highest BCUT2D eigenvalue weighted by molar-refractivity contribution is 14.0. The minimum atomic E-state index is -0.0138. The monoisotopic (exact) mass is 571 g/mol. The molecule has 0 atom stereocenters. The van der Waals surface area contributed by atoms with E-state index in [1.807, 2.05) is 25.4 Å². The SMILES string of the molecule is CN=C(NCC(C)(C)c1ccccc1Br)NC1CCN(c2ccccn2)CC1.I. The number of nitrogens with zero attached hydrogens (tertiary/aromatic N) is 3. The Labute approximate surface area is 199 Å². The van der Waals surface area contributed by atoms with Gasteiger partial charge in [0.15, 0.2) is 5.96 Å². The average Bonchev–Trinajstić information content (AvgIpc) is 2.72. The molecule has 1 fully saturated rings. The maximum absolute atomic E-state index is 4.46. The highest BCUT2D eigenvalue weighted by atomic mass is 127. The van der Waals surface area contributed by atoms with Gasteiger partial charge in [-0.1, -0.05) is 54.0 Å². The van der Waals surface area contributed by atoms with Gasteiger partial charge in [0.1, 0.15) is 5.82 Å². The summed E-state index contributed by atoms with van der Waals surface area (Å²) < 4.78 is 1.15. The molecule has 0 saturated carbocycles. The van der Waals surface area contributed by atoms with Crippen LogP contribution in [0.15, 0.2) is 58.1 Å². The lowest BCUT2D eigenvalue weighted by molar-refractivity contribution is 0.452. The molecule has 0 unspecified atom stereocenters. The summed E-state index contributed by atoms with van der Waals surface area (Å²) >= 11 is 3.68. The molecule has 0 aliphatic carbocycles. The zero-order chi connectivity index (χ0) is 20.0. The third-order valence-corrected chi connectivity index (χ3v) is 6.02. The van der Waals surface area contributed by atoms with E-state index < -0.39 is 0 Å². The highest BCUT2D eigenvalue weighted by Gasteiger charge is 2.24. The molecule has 3 rings (SSSR count). The van der Waals surface area contributed by atoms with E-state index >= 15 is 0 Å². The molecule has 2 N–H and O–H groups in total. The van der Waals surface area contributed by atoms with Crippen molar-refractivity contribution in [3.05, 3.63) is 58.7 Å². The van der Waals surface area contributed by atoms with Gasteiger partial charge >= 0.3 is 0 Å². The van der Waals surface area contributed by atoms with Crippen molar-refractivity contribution in [1.82, 2.24) is 15.6 Å². The molecular formula is C22H31BrIN5. The summed E-state index contributed by atoms with van der Waals surface area (Å²) in [7, 11) is 1.84. The van der Waals surface area contributed by atoms with Crippen LogP contribution in [0.4, 0.5) is 5.82 Å². The predicted molar refractivity (Wildman–Crippen MR) is 137 cm³/mol. The second kappa shape index (κ2) is 11.2. The first-order valence-electron chi connectivity index (χ1n) is 9.88. The van der Waals surface area contributed by atoms with Crippen LogP contribution in [-0.4, -0.2) is 43.7 Å². The summed E-state index contributed by atoms with van der Waals surface area (Å²) in [6.07, 6.45) is 4.01. The quantitative estimate of drug-likeness (QED) is 0.313. The summed E-state index contributed by atoms with van der Waals surface area (Å²) in [6, 6.07) is 14.9. The third-order valence-electron chi connectivity index (χ3n) is 5.33. The predicted octanol–water partition coefficient (Wildman–Crippen LogP) is 4.57. The lowest BCUT2D eigenvalue weighted by atomic mass is 9.84. The van der Waals surface area contributed by atoms with Gasteiger partial charge in [-0.25, -0.2) is 4.98 Å². The first-order chi connectivity index (χ1) is 13.5. The Balaban J connectivity index is 0.00000300. The molecule has 1 aromatic heterocycles. The molecule has 1 aliphatic heterocycles. The van der Waals surface area contributed by atoms with Crippen LogP contribution >= 0.6 is 39.9 Å². The number of aromatic nitrogens is 1. The van der Waals surface area contributed by atoms with Crippen molar-refractivity contribution >= 4 is 51.7 Å². The number of hydrogen-bond acceptors (Lipinski definition) is 3. The number of guanidine groups is 1. The van der Waals surface area contributed by atoms with Crippen molar-refractivity contribution in [2.75, 3.05) is 31.6 Å². The zero-order valence-corrected chi connectivity index (χ0v) is 21.3. The van der Waals surface area contributed by atoms with Crippen molar-refractivity contribution in [2.24, 2.45) is 4.99 Å². The zero-order valence-electron chi connectivity index (χ0n) is 17.4. The number of nitrogens with one attached hydrogen (secondary N) is 2. The van der Waals surface area contributed by atoms with Gasteiger partial charge in [-0.15, -0.1) is 24.0 Å². The first kappa shape index (κ1) is 23.9. The summed E-state index contributed by atoms with van der Waals surface area (Å²) in [5.74, 6) is 1.94. The molecule has 7 heteroatoms. The smallest absolute Gasteiger partial charge is 0.191 e. The van der Waals surface area contributed by atoms with Gasteiger partial charge in [0.2, 0.25) is 0 Å². The Hall–Kier alpha value is -1.35. The van der Waals surface area contributed by atoms with E-state index in [2.05, 4.69) is 85.6 Å². The van der Waals surface area contributed by atoms with Gasteiger partial charge in [0.25, 0.3) is 0 Å². The van der Waals surface area contributed by atoms with Crippen LogP contribution in [0, 0.1) is 0 Å². The van der Waals surface area contributed by atoms with Crippen molar-refractivity contribution in [3.63, 3.8) is 0 Å². The van der Waals surface area contributed by atoms with E-state index in [9.17, 15) is 0 Å². The third kappa shape index (κ3) is 6.57. The minimum absolute atomic E-state index is 0. The molecule has 1 aliphatic rings. The lowest BCUT2D eigenvalue weighted by Crippen LogP contribution is -2.50. The molecule has 158 valence electrons. The van der Waals surface area contributed by atoms with Crippen LogP contribution in [0.3, 0.4) is 0 Å². The van der Waals surface area contributed by atoms with Crippen LogP contribution in [0.5, 0.6) is 0 Å². The van der Waals surface area contributed by atoms with Crippen LogP contribution < -0.4 is 15.5 Å². The molecule has 2 aromatic rings. The Morgan fingerprint density at radius 2 is 1.86 bits per heavy atom. The summed E-state index contributed by atoms with van der Waals surface area (Å²) in [4.78, 5) is 11.2. The Morgan fingerprint density at radius 1 is 1.17 bits per heavy atom. The number of rotatable bonds is 5. The fourth-order valence-corrected chi connectivity index (χ4v) is 4.41. The van der Waals surface area contributed by atoms with Crippen LogP contribution in [0.2, 0.25) is 0 Å². The van der Waals surface area contributed by atoms with Gasteiger partial charge in [-0.05, 0) is 36.6 Å². The number of piperidine rings is 1. The minimum Gasteiger partial charge on any atom is -0.356 e. The van der Waals surface area contributed by atoms with Crippen LogP contribution in [-0.2, 0) is 5.41 Å². The molecule has 1 aromatic carbocycles. The molecule has 29 heavy (non-hydrogen) atoms. The number of halogens is 2. The molecule has 5 nitrogen and oxygen atoms in total. The van der Waals surface area contributed by atoms with Crippen LogP contribution in [0.25, 0.3) is 0 Å². The maximum atomic E-state index is 4.46. The number of hydrogen-bond donors (Lipinski definition) is 2. The van der Waals surface area contributed by atoms with Crippen molar-refractivity contribution in [2.45, 2.75) is 38.1 Å². The molecule has 0 bridgehead atoms. The summed E-state index contributed by atoms with van der Waals surface area (Å²) in [5.41, 5.74) is 1.28. The van der Waals surface area contributed by atoms with Crippen molar-refractivity contribution in [3.8, 4) is 0 Å². The molecule has 2 heterocycles. The van der Waals surface area contributed by atoms with E-state index in [0.717, 1.165) is 48.7 Å². The largest absolute Gasteiger partial charge is 0.356 e. The van der Waals surface area contributed by atoms with Gasteiger partial charge in [0, 0.05) is 48.8 Å². The summed E-state index contributed by atoms with van der Waals surface area (Å²) in [5, 5.41) is 7.11. The van der Waals surface area contributed by atoms with E-state index in [0.29, 0.717) is 6.04 Å². The van der Waals surface area contributed by atoms with Gasteiger partial charge in [-0.2, -0.15) is 0 Å². The van der Waals surface area contributed by atoms with Crippen molar-refractivity contribution in [1.29, 1.82) is 0 Å². The average molecular weight is 572 g/mol. The van der Waals surface area contributed by atoms with Crippen LogP contribution in [0.1, 0.15) is 32.3 Å². The van der Waals surface area contributed by atoms with E-state index in [1.54, 1.807) is 0 Å². The number of pyridine rings is 1. The molecule has 0 radical (unpaired) electrons. The number of aliphatic imine (C=N–C) groups is 1. The van der Waals surface area contributed by atoms with Crippen molar-refractivity contribution < 1.29 is 0 Å². The topological polar surface area (TPSA) is 52.6 Å². The molecule has 1 saturated heterocycles. The standard InChI is InChI=1S/C22H30BrN5.HI/c1-22(2,18-8-4-5-9-19(18)23)16-26-21(24-3)27-17-11-14-28(15-12-17)20-10-6-7-13-25-20;/h4-10,13,17H,11-12,14-16H2,1-3H3,(H2,24,26,27);1H.